The Labute approximate surface area is 114 Å². The van der Waals surface area contributed by atoms with Crippen molar-refractivity contribution in [1.82, 2.24) is 0 Å². The van der Waals surface area contributed by atoms with Gasteiger partial charge >= 0.3 is 0 Å². The third kappa shape index (κ3) is 2.21. The van der Waals surface area contributed by atoms with Gasteiger partial charge in [-0.15, -0.1) is 0 Å². The molecule has 0 N–H and O–H groups in total. The zero-order chi connectivity index (χ0) is 13.3. The Balaban J connectivity index is 1.96. The monoisotopic (exact) mass is 280 g/mol. The highest BCUT2D eigenvalue weighted by molar-refractivity contribution is 7.92. The summed E-state index contributed by atoms with van der Waals surface area (Å²) >= 11 is 0. The van der Waals surface area contributed by atoms with Gasteiger partial charge in [-0.3, -0.25) is 0 Å². The largest absolute Gasteiger partial charge is 0.374 e. The van der Waals surface area contributed by atoms with Gasteiger partial charge in [0.2, 0.25) is 0 Å². The summed E-state index contributed by atoms with van der Waals surface area (Å²) in [5, 5.41) is -0.359. The molecule has 1 unspecified atom stereocenters. The first-order valence-corrected chi connectivity index (χ1v) is 8.63. The van der Waals surface area contributed by atoms with Crippen molar-refractivity contribution < 1.29 is 13.2 Å². The van der Waals surface area contributed by atoms with E-state index in [0.29, 0.717) is 17.9 Å². The highest BCUT2D eigenvalue weighted by atomic mass is 32.2. The van der Waals surface area contributed by atoms with Crippen LogP contribution in [0.25, 0.3) is 0 Å². The fraction of sp³-hybridized carbons (Fsp3) is 0.600. The van der Waals surface area contributed by atoms with Crippen LogP contribution < -0.4 is 0 Å². The topological polar surface area (TPSA) is 43.4 Å². The van der Waals surface area contributed by atoms with Gasteiger partial charge in [0, 0.05) is 6.61 Å². The van der Waals surface area contributed by atoms with Crippen LogP contribution in [0.2, 0.25) is 0 Å². The minimum Gasteiger partial charge on any atom is -0.374 e. The Hall–Kier alpha value is -0.870. The van der Waals surface area contributed by atoms with Gasteiger partial charge < -0.3 is 4.74 Å². The van der Waals surface area contributed by atoms with Crippen molar-refractivity contribution in [3.05, 3.63) is 30.3 Å². The van der Waals surface area contributed by atoms with E-state index in [1.165, 1.54) is 6.42 Å². The molecule has 1 spiro atoms. The van der Waals surface area contributed by atoms with Crippen molar-refractivity contribution in [2.24, 2.45) is 0 Å². The van der Waals surface area contributed by atoms with Gasteiger partial charge in [0.1, 0.15) is 0 Å². The fourth-order valence-electron chi connectivity index (χ4n) is 3.55. The Kier molecular flexibility index (Phi) is 3.39. The van der Waals surface area contributed by atoms with Gasteiger partial charge in [-0.25, -0.2) is 8.42 Å². The minimum atomic E-state index is -3.27. The molecule has 2 aliphatic rings. The summed E-state index contributed by atoms with van der Waals surface area (Å²) in [6, 6.07) is 8.82. The van der Waals surface area contributed by atoms with Gasteiger partial charge in [-0.05, 0) is 31.4 Å². The summed E-state index contributed by atoms with van der Waals surface area (Å²) in [6.07, 6.45) is 5.79. The maximum atomic E-state index is 12.8. The second-order valence-corrected chi connectivity index (χ2v) is 7.74. The van der Waals surface area contributed by atoms with Crippen molar-refractivity contribution in [3.63, 3.8) is 0 Å². The van der Waals surface area contributed by atoms with Crippen molar-refractivity contribution in [3.8, 4) is 0 Å². The van der Waals surface area contributed by atoms with Crippen molar-refractivity contribution >= 4 is 9.84 Å². The summed E-state index contributed by atoms with van der Waals surface area (Å²) in [5.74, 6) is 0. The average Bonchev–Trinajstić information content (AvgIpc) is 2.84. The highest BCUT2D eigenvalue weighted by Gasteiger charge is 2.51. The molecule has 0 radical (unpaired) electrons. The molecule has 4 heteroatoms. The summed E-state index contributed by atoms with van der Waals surface area (Å²) < 4.78 is 31.6. The zero-order valence-electron chi connectivity index (χ0n) is 11.0. The smallest absolute Gasteiger partial charge is 0.184 e. The summed E-state index contributed by atoms with van der Waals surface area (Å²) in [6.45, 7) is 0.580. The lowest BCUT2D eigenvalue weighted by Crippen LogP contribution is -2.45. The molecule has 1 atom stereocenters. The predicted octanol–water partition coefficient (Wildman–Crippen LogP) is 2.95. The lowest BCUT2D eigenvalue weighted by Gasteiger charge is -2.37. The van der Waals surface area contributed by atoms with Crippen LogP contribution in [0.3, 0.4) is 0 Å². The van der Waals surface area contributed by atoms with Gasteiger partial charge in [0.25, 0.3) is 0 Å². The van der Waals surface area contributed by atoms with E-state index in [2.05, 4.69) is 0 Å². The maximum absolute atomic E-state index is 12.8. The van der Waals surface area contributed by atoms with E-state index in [1.54, 1.807) is 24.3 Å². The van der Waals surface area contributed by atoms with Crippen LogP contribution in [0.4, 0.5) is 0 Å². The number of benzene rings is 1. The summed E-state index contributed by atoms with van der Waals surface area (Å²) in [5.41, 5.74) is -0.410. The molecular weight excluding hydrogens is 260 g/mol. The molecule has 1 aliphatic carbocycles. The average molecular weight is 280 g/mol. The normalized spacial score (nSPS) is 26.6. The van der Waals surface area contributed by atoms with E-state index in [9.17, 15) is 8.42 Å². The van der Waals surface area contributed by atoms with Gasteiger partial charge in [-0.1, -0.05) is 37.5 Å². The Bertz CT molecular complexity index is 530. The SMILES string of the molecule is O=S(=O)(c1ccccc1)C1CCOC12CCCCC2. The molecule has 0 aromatic heterocycles. The molecular formula is C15H20O3S. The van der Waals surface area contributed by atoms with E-state index in [1.807, 2.05) is 6.07 Å². The van der Waals surface area contributed by atoms with E-state index >= 15 is 0 Å². The first-order chi connectivity index (χ1) is 9.15. The van der Waals surface area contributed by atoms with Crippen LogP contribution in [0.1, 0.15) is 38.5 Å². The van der Waals surface area contributed by atoms with E-state index in [0.717, 1.165) is 25.7 Å². The Morgan fingerprint density at radius 2 is 1.74 bits per heavy atom. The summed E-state index contributed by atoms with van der Waals surface area (Å²) in [7, 11) is -3.27. The van der Waals surface area contributed by atoms with E-state index in [-0.39, 0.29) is 5.25 Å². The molecule has 2 fully saturated rings. The molecule has 1 aliphatic heterocycles. The first-order valence-electron chi connectivity index (χ1n) is 7.08. The standard InChI is InChI=1S/C15H20O3S/c16-19(17,13-7-3-1-4-8-13)14-9-12-18-15(14)10-5-2-6-11-15/h1,3-4,7-8,14H,2,5-6,9-12H2. The summed E-state index contributed by atoms with van der Waals surface area (Å²) in [4.78, 5) is 0.440. The van der Waals surface area contributed by atoms with Gasteiger partial charge in [0.15, 0.2) is 9.84 Å². The van der Waals surface area contributed by atoms with Gasteiger partial charge in [0.05, 0.1) is 15.7 Å². The maximum Gasteiger partial charge on any atom is 0.184 e. The van der Waals surface area contributed by atoms with E-state index in [4.69, 9.17) is 4.74 Å². The Morgan fingerprint density at radius 1 is 1.05 bits per heavy atom. The van der Waals surface area contributed by atoms with Crippen LogP contribution in [0.5, 0.6) is 0 Å². The first kappa shape index (κ1) is 13.1. The molecule has 0 amide bonds. The quantitative estimate of drug-likeness (QED) is 0.836. The third-order valence-corrected chi connectivity index (χ3v) is 6.85. The number of sulfone groups is 1. The molecule has 3 nitrogen and oxygen atoms in total. The second-order valence-electron chi connectivity index (χ2n) is 5.61. The molecule has 1 aromatic carbocycles. The number of ether oxygens (including phenoxy) is 1. The lowest BCUT2D eigenvalue weighted by atomic mass is 9.82. The molecule has 3 rings (SSSR count). The van der Waals surface area contributed by atoms with Crippen LogP contribution in [-0.2, 0) is 14.6 Å². The predicted molar refractivity (Wildman–Crippen MR) is 73.8 cm³/mol. The number of hydrogen-bond acceptors (Lipinski definition) is 3. The van der Waals surface area contributed by atoms with Crippen molar-refractivity contribution in [2.75, 3.05) is 6.61 Å². The number of rotatable bonds is 2. The van der Waals surface area contributed by atoms with E-state index < -0.39 is 15.4 Å². The zero-order valence-corrected chi connectivity index (χ0v) is 11.9. The molecule has 1 heterocycles. The second kappa shape index (κ2) is 4.91. The fourth-order valence-corrected chi connectivity index (χ4v) is 5.69. The molecule has 1 aromatic rings. The highest BCUT2D eigenvalue weighted by Crippen LogP contribution is 2.44. The lowest BCUT2D eigenvalue weighted by molar-refractivity contribution is -0.0224. The van der Waals surface area contributed by atoms with Crippen molar-refractivity contribution in [1.29, 1.82) is 0 Å². The number of hydrogen-bond donors (Lipinski definition) is 0. The van der Waals surface area contributed by atoms with Crippen LogP contribution >= 0.6 is 0 Å². The Morgan fingerprint density at radius 3 is 2.42 bits per heavy atom. The minimum absolute atomic E-state index is 0.359. The van der Waals surface area contributed by atoms with Crippen LogP contribution in [0, 0.1) is 0 Å². The van der Waals surface area contributed by atoms with Crippen LogP contribution in [-0.4, -0.2) is 25.9 Å². The molecule has 1 saturated carbocycles. The molecule has 1 saturated heterocycles. The molecule has 0 bridgehead atoms. The molecule has 104 valence electrons. The third-order valence-electron chi connectivity index (χ3n) is 4.50. The van der Waals surface area contributed by atoms with Crippen molar-refractivity contribution in [2.45, 2.75) is 54.3 Å². The van der Waals surface area contributed by atoms with Crippen LogP contribution in [0.15, 0.2) is 35.2 Å². The van der Waals surface area contributed by atoms with Gasteiger partial charge in [-0.2, -0.15) is 0 Å². The molecule has 19 heavy (non-hydrogen) atoms.